The number of hydrogen-bond acceptors (Lipinski definition) is 3. The van der Waals surface area contributed by atoms with Gasteiger partial charge in [0.2, 0.25) is 0 Å². The third-order valence-corrected chi connectivity index (χ3v) is 4.15. The first-order chi connectivity index (χ1) is 10.2. The van der Waals surface area contributed by atoms with Crippen molar-refractivity contribution >= 4 is 17.3 Å². The van der Waals surface area contributed by atoms with Crippen molar-refractivity contribution in [2.24, 2.45) is 5.92 Å². The van der Waals surface area contributed by atoms with Crippen LogP contribution in [0.5, 0.6) is 5.75 Å². The van der Waals surface area contributed by atoms with Crippen LogP contribution in [0.1, 0.15) is 37.7 Å². The Labute approximate surface area is 130 Å². The van der Waals surface area contributed by atoms with Crippen molar-refractivity contribution in [1.29, 1.82) is 0 Å². The van der Waals surface area contributed by atoms with Gasteiger partial charge in [-0.05, 0) is 49.6 Å². The van der Waals surface area contributed by atoms with Crippen molar-refractivity contribution in [3.63, 3.8) is 0 Å². The fourth-order valence-corrected chi connectivity index (χ4v) is 2.71. The van der Waals surface area contributed by atoms with Gasteiger partial charge in [-0.15, -0.1) is 0 Å². The molecule has 0 saturated heterocycles. The van der Waals surface area contributed by atoms with Gasteiger partial charge < -0.3 is 14.5 Å². The lowest BCUT2D eigenvalue weighted by molar-refractivity contribution is 0.340. The molecule has 112 valence electrons. The van der Waals surface area contributed by atoms with Gasteiger partial charge >= 0.3 is 0 Å². The monoisotopic (exact) mass is 305 g/mol. The summed E-state index contributed by atoms with van der Waals surface area (Å²) in [4.78, 5) is 0. The van der Waals surface area contributed by atoms with E-state index in [2.05, 4.69) is 18.3 Å². The molecule has 0 radical (unpaired) electrons. The minimum absolute atomic E-state index is 0.612. The van der Waals surface area contributed by atoms with E-state index in [-0.39, 0.29) is 0 Å². The average Bonchev–Trinajstić information content (AvgIpc) is 3.01. The largest absolute Gasteiger partial charge is 0.492 e. The minimum atomic E-state index is 0.612. The molecule has 21 heavy (non-hydrogen) atoms. The zero-order valence-electron chi connectivity index (χ0n) is 12.4. The van der Waals surface area contributed by atoms with Crippen LogP contribution >= 0.6 is 11.6 Å². The summed E-state index contributed by atoms with van der Waals surface area (Å²) < 4.78 is 11.3. The fourth-order valence-electron chi connectivity index (χ4n) is 2.48. The summed E-state index contributed by atoms with van der Waals surface area (Å²) in [6.45, 7) is 5.47. The zero-order chi connectivity index (χ0) is 14.8. The molecule has 1 aromatic carbocycles. The standard InChI is InChI=1S/C17H20ClNO2/c1-3-20-17-6-4-12(9-15(17)18)19-10-13-5-7-16(21-13)14-8-11(14)2/h4-7,9,11,14,19H,3,8,10H2,1-2H3. The van der Waals surface area contributed by atoms with Crippen molar-refractivity contribution in [2.45, 2.75) is 32.7 Å². The van der Waals surface area contributed by atoms with Crippen molar-refractivity contribution in [3.05, 3.63) is 46.9 Å². The van der Waals surface area contributed by atoms with Gasteiger partial charge in [0.15, 0.2) is 0 Å². The highest BCUT2D eigenvalue weighted by molar-refractivity contribution is 6.32. The molecule has 1 aliphatic rings. The molecule has 0 spiro atoms. The minimum Gasteiger partial charge on any atom is -0.492 e. The fraction of sp³-hybridized carbons (Fsp3) is 0.412. The van der Waals surface area contributed by atoms with Crippen LogP contribution in [-0.2, 0) is 6.54 Å². The van der Waals surface area contributed by atoms with Crippen molar-refractivity contribution in [1.82, 2.24) is 0 Å². The second-order valence-corrected chi connectivity index (χ2v) is 5.96. The lowest BCUT2D eigenvalue weighted by Crippen LogP contribution is -1.99. The first kappa shape index (κ1) is 14.3. The van der Waals surface area contributed by atoms with Crippen LogP contribution in [-0.4, -0.2) is 6.61 Å². The van der Waals surface area contributed by atoms with E-state index in [1.807, 2.05) is 31.2 Å². The number of ether oxygens (including phenoxy) is 1. The average molecular weight is 306 g/mol. The van der Waals surface area contributed by atoms with E-state index in [9.17, 15) is 0 Å². The number of halogens is 1. The quantitative estimate of drug-likeness (QED) is 0.809. The normalized spacial score (nSPS) is 20.3. The van der Waals surface area contributed by atoms with E-state index in [1.165, 1.54) is 6.42 Å². The molecule has 2 atom stereocenters. The molecule has 0 aliphatic heterocycles. The van der Waals surface area contributed by atoms with Crippen LogP contribution in [0.2, 0.25) is 5.02 Å². The molecule has 2 aromatic rings. The van der Waals surface area contributed by atoms with Crippen molar-refractivity contribution in [2.75, 3.05) is 11.9 Å². The SMILES string of the molecule is CCOc1ccc(NCc2ccc(C3CC3C)o2)cc1Cl. The Kier molecular flexibility index (Phi) is 4.11. The topological polar surface area (TPSA) is 34.4 Å². The number of hydrogen-bond donors (Lipinski definition) is 1. The van der Waals surface area contributed by atoms with Crippen LogP contribution in [0.25, 0.3) is 0 Å². The van der Waals surface area contributed by atoms with Gasteiger partial charge in [-0.2, -0.15) is 0 Å². The Morgan fingerprint density at radius 2 is 2.14 bits per heavy atom. The summed E-state index contributed by atoms with van der Waals surface area (Å²) in [7, 11) is 0. The summed E-state index contributed by atoms with van der Waals surface area (Å²) in [5.74, 6) is 4.17. The van der Waals surface area contributed by atoms with Crippen LogP contribution in [0, 0.1) is 5.92 Å². The highest BCUT2D eigenvalue weighted by Crippen LogP contribution is 2.47. The van der Waals surface area contributed by atoms with E-state index in [1.54, 1.807) is 0 Å². The Morgan fingerprint density at radius 3 is 2.81 bits per heavy atom. The Hall–Kier alpha value is -1.61. The maximum absolute atomic E-state index is 6.17. The van der Waals surface area contributed by atoms with Crippen LogP contribution in [0.3, 0.4) is 0 Å². The maximum atomic E-state index is 6.17. The third kappa shape index (κ3) is 3.35. The first-order valence-electron chi connectivity index (χ1n) is 7.42. The molecule has 2 unspecified atom stereocenters. The van der Waals surface area contributed by atoms with Gasteiger partial charge in [0.05, 0.1) is 18.2 Å². The number of benzene rings is 1. The van der Waals surface area contributed by atoms with Crippen molar-refractivity contribution in [3.8, 4) is 5.75 Å². The molecule has 1 fully saturated rings. The highest BCUT2D eigenvalue weighted by Gasteiger charge is 2.36. The van der Waals surface area contributed by atoms with Gasteiger partial charge in [0, 0.05) is 11.6 Å². The molecule has 3 rings (SSSR count). The zero-order valence-corrected chi connectivity index (χ0v) is 13.1. The van der Waals surface area contributed by atoms with E-state index in [0.29, 0.717) is 29.8 Å². The Balaban J connectivity index is 1.59. The predicted molar refractivity (Wildman–Crippen MR) is 85.2 cm³/mol. The maximum Gasteiger partial charge on any atom is 0.138 e. The molecule has 0 amide bonds. The summed E-state index contributed by atoms with van der Waals surface area (Å²) in [6, 6.07) is 9.86. The molecule has 1 N–H and O–H groups in total. The molecule has 1 aromatic heterocycles. The van der Waals surface area contributed by atoms with E-state index in [4.69, 9.17) is 20.8 Å². The lowest BCUT2D eigenvalue weighted by Gasteiger charge is -2.09. The van der Waals surface area contributed by atoms with Crippen LogP contribution in [0.15, 0.2) is 34.7 Å². The van der Waals surface area contributed by atoms with Gasteiger partial charge in [-0.3, -0.25) is 0 Å². The summed E-state index contributed by atoms with van der Waals surface area (Å²) >= 11 is 6.17. The molecule has 1 aliphatic carbocycles. The molecule has 1 saturated carbocycles. The van der Waals surface area contributed by atoms with Crippen LogP contribution in [0.4, 0.5) is 5.69 Å². The Bertz CT molecular complexity index is 623. The third-order valence-electron chi connectivity index (χ3n) is 3.86. The lowest BCUT2D eigenvalue weighted by atomic mass is 10.3. The van der Waals surface area contributed by atoms with E-state index >= 15 is 0 Å². The second kappa shape index (κ2) is 6.02. The van der Waals surface area contributed by atoms with Gasteiger partial charge in [-0.25, -0.2) is 0 Å². The highest BCUT2D eigenvalue weighted by atomic mass is 35.5. The van der Waals surface area contributed by atoms with E-state index < -0.39 is 0 Å². The molecular formula is C17H20ClNO2. The van der Waals surface area contributed by atoms with Crippen molar-refractivity contribution < 1.29 is 9.15 Å². The Morgan fingerprint density at radius 1 is 1.33 bits per heavy atom. The van der Waals surface area contributed by atoms with Gasteiger partial charge in [0.25, 0.3) is 0 Å². The summed E-state index contributed by atoms with van der Waals surface area (Å²) in [5, 5.41) is 3.94. The number of furan rings is 1. The molecule has 0 bridgehead atoms. The number of nitrogens with one attached hydrogen (secondary N) is 1. The molecule has 4 heteroatoms. The second-order valence-electron chi connectivity index (χ2n) is 5.56. The van der Waals surface area contributed by atoms with E-state index in [0.717, 1.165) is 23.1 Å². The van der Waals surface area contributed by atoms with Gasteiger partial charge in [-0.1, -0.05) is 18.5 Å². The van der Waals surface area contributed by atoms with Crippen LogP contribution < -0.4 is 10.1 Å². The van der Waals surface area contributed by atoms with Gasteiger partial charge in [0.1, 0.15) is 17.3 Å². The predicted octanol–water partition coefficient (Wildman–Crippen LogP) is 5.07. The first-order valence-corrected chi connectivity index (χ1v) is 7.80. The molecular weight excluding hydrogens is 286 g/mol. The smallest absolute Gasteiger partial charge is 0.138 e. The molecule has 1 heterocycles. The summed E-state index contributed by atoms with van der Waals surface area (Å²) in [6.07, 6.45) is 1.24. The summed E-state index contributed by atoms with van der Waals surface area (Å²) in [5.41, 5.74) is 0.959. The number of anilines is 1. The number of rotatable bonds is 6. The molecule has 3 nitrogen and oxygen atoms in total.